The van der Waals surface area contributed by atoms with Crippen molar-refractivity contribution in [3.63, 3.8) is 0 Å². The van der Waals surface area contributed by atoms with Crippen molar-refractivity contribution >= 4 is 0 Å². The van der Waals surface area contributed by atoms with E-state index in [2.05, 4.69) is 0 Å². The van der Waals surface area contributed by atoms with Crippen molar-refractivity contribution in [2.24, 2.45) is 5.41 Å². The van der Waals surface area contributed by atoms with Crippen LogP contribution in [0.25, 0.3) is 0 Å². The summed E-state index contributed by atoms with van der Waals surface area (Å²) in [6.45, 7) is 7.56. The van der Waals surface area contributed by atoms with Crippen molar-refractivity contribution in [3.05, 3.63) is 0 Å². The van der Waals surface area contributed by atoms with Gasteiger partial charge in [-0.05, 0) is 5.41 Å². The lowest BCUT2D eigenvalue weighted by Gasteiger charge is -2.38. The zero-order valence-corrected chi connectivity index (χ0v) is 8.05. The van der Waals surface area contributed by atoms with Crippen LogP contribution in [0.2, 0.25) is 0 Å². The van der Waals surface area contributed by atoms with E-state index in [0.717, 1.165) is 0 Å². The molecule has 72 valence electrons. The second-order valence-corrected chi connectivity index (χ2v) is 4.70. The van der Waals surface area contributed by atoms with Crippen LogP contribution in [-0.4, -0.2) is 41.9 Å². The minimum atomic E-state index is -0.669. The molecule has 1 saturated heterocycles. The van der Waals surface area contributed by atoms with Gasteiger partial charge in [0.15, 0.2) is 0 Å². The quantitative estimate of drug-likeness (QED) is 0.678. The standard InChI is InChI=1S/C9H18FNO/c1-9(2,3)8(12)6-11-4-7(10)5-11/h7-8,12H,4-6H2,1-3H3. The molecule has 0 aromatic rings. The Kier molecular flexibility index (Phi) is 2.74. The van der Waals surface area contributed by atoms with Gasteiger partial charge in [0.2, 0.25) is 0 Å². The Hall–Kier alpha value is -0.150. The summed E-state index contributed by atoms with van der Waals surface area (Å²) in [6.07, 6.45) is -1.03. The number of aliphatic hydroxyl groups is 1. The van der Waals surface area contributed by atoms with Crippen molar-refractivity contribution < 1.29 is 9.50 Å². The largest absolute Gasteiger partial charge is 0.391 e. The topological polar surface area (TPSA) is 23.5 Å². The first-order valence-electron chi connectivity index (χ1n) is 4.44. The third-order valence-corrected chi connectivity index (χ3v) is 2.34. The molecule has 0 radical (unpaired) electrons. The zero-order chi connectivity index (χ0) is 9.35. The molecule has 0 aromatic heterocycles. The Labute approximate surface area is 73.4 Å². The van der Waals surface area contributed by atoms with Gasteiger partial charge in [-0.15, -0.1) is 0 Å². The van der Waals surface area contributed by atoms with Crippen LogP contribution in [0.1, 0.15) is 20.8 Å². The normalized spacial score (nSPS) is 23.8. The number of halogens is 1. The number of aliphatic hydroxyl groups excluding tert-OH is 1. The Balaban J connectivity index is 2.23. The fraction of sp³-hybridized carbons (Fsp3) is 1.00. The van der Waals surface area contributed by atoms with Crippen molar-refractivity contribution in [2.45, 2.75) is 33.0 Å². The molecule has 1 heterocycles. The summed E-state index contributed by atoms with van der Waals surface area (Å²) >= 11 is 0. The number of hydrogen-bond acceptors (Lipinski definition) is 2. The lowest BCUT2D eigenvalue weighted by Crippen LogP contribution is -2.52. The molecule has 3 heteroatoms. The Bertz CT molecular complexity index is 149. The molecule has 0 spiro atoms. The number of likely N-dealkylation sites (tertiary alicyclic amines) is 1. The summed E-state index contributed by atoms with van der Waals surface area (Å²) in [5, 5.41) is 9.64. The summed E-state index contributed by atoms with van der Waals surface area (Å²) in [7, 11) is 0. The van der Waals surface area contributed by atoms with Crippen LogP contribution < -0.4 is 0 Å². The summed E-state index contributed by atoms with van der Waals surface area (Å²) in [5.41, 5.74) is -0.0958. The lowest BCUT2D eigenvalue weighted by molar-refractivity contribution is -0.0173. The van der Waals surface area contributed by atoms with Crippen LogP contribution in [0.5, 0.6) is 0 Å². The fourth-order valence-electron chi connectivity index (χ4n) is 1.17. The molecular weight excluding hydrogens is 157 g/mol. The molecule has 1 aliphatic rings. The van der Waals surface area contributed by atoms with E-state index in [1.165, 1.54) is 0 Å². The van der Waals surface area contributed by atoms with E-state index in [1.54, 1.807) is 0 Å². The van der Waals surface area contributed by atoms with Crippen LogP contribution in [0.3, 0.4) is 0 Å². The molecule has 12 heavy (non-hydrogen) atoms. The van der Waals surface area contributed by atoms with Gasteiger partial charge in [-0.25, -0.2) is 4.39 Å². The summed E-state index contributed by atoms with van der Waals surface area (Å²) in [4.78, 5) is 1.95. The molecule has 1 unspecified atom stereocenters. The SMILES string of the molecule is CC(C)(C)C(O)CN1CC(F)C1. The molecule has 1 N–H and O–H groups in total. The minimum absolute atomic E-state index is 0.0958. The van der Waals surface area contributed by atoms with Crippen molar-refractivity contribution in [2.75, 3.05) is 19.6 Å². The van der Waals surface area contributed by atoms with Crippen LogP contribution in [-0.2, 0) is 0 Å². The van der Waals surface area contributed by atoms with E-state index < -0.39 is 6.17 Å². The van der Waals surface area contributed by atoms with Gasteiger partial charge in [0.25, 0.3) is 0 Å². The Morgan fingerprint density at radius 2 is 2.00 bits per heavy atom. The maximum absolute atomic E-state index is 12.4. The van der Waals surface area contributed by atoms with E-state index in [-0.39, 0.29) is 11.5 Å². The van der Waals surface area contributed by atoms with Gasteiger partial charge >= 0.3 is 0 Å². The lowest BCUT2D eigenvalue weighted by atomic mass is 9.88. The average Bonchev–Trinajstić information content (AvgIpc) is 1.82. The molecule has 0 bridgehead atoms. The van der Waals surface area contributed by atoms with E-state index in [9.17, 15) is 9.50 Å². The molecule has 0 saturated carbocycles. The zero-order valence-electron chi connectivity index (χ0n) is 8.05. The average molecular weight is 175 g/mol. The second kappa shape index (κ2) is 3.30. The van der Waals surface area contributed by atoms with E-state index in [1.807, 2.05) is 25.7 Å². The first-order chi connectivity index (χ1) is 5.39. The monoisotopic (exact) mass is 175 g/mol. The van der Waals surface area contributed by atoms with Gasteiger partial charge in [0, 0.05) is 19.6 Å². The summed E-state index contributed by atoms with van der Waals surface area (Å²) in [5.74, 6) is 0. The van der Waals surface area contributed by atoms with Gasteiger partial charge in [-0.2, -0.15) is 0 Å². The molecule has 1 fully saturated rings. The highest BCUT2D eigenvalue weighted by Crippen LogP contribution is 2.22. The molecule has 1 aliphatic heterocycles. The summed E-state index contributed by atoms with van der Waals surface area (Å²) in [6, 6.07) is 0. The third-order valence-electron chi connectivity index (χ3n) is 2.34. The first kappa shape index (κ1) is 9.93. The molecule has 0 amide bonds. The fourth-order valence-corrected chi connectivity index (χ4v) is 1.17. The second-order valence-electron chi connectivity index (χ2n) is 4.70. The number of rotatable bonds is 2. The highest BCUT2D eigenvalue weighted by molar-refractivity contribution is 4.84. The highest BCUT2D eigenvalue weighted by Gasteiger charge is 2.31. The van der Waals surface area contributed by atoms with E-state index in [0.29, 0.717) is 19.6 Å². The predicted molar refractivity (Wildman–Crippen MR) is 46.8 cm³/mol. The molecule has 2 nitrogen and oxygen atoms in total. The van der Waals surface area contributed by atoms with E-state index in [4.69, 9.17) is 0 Å². The predicted octanol–water partition coefficient (Wildman–Crippen LogP) is 1.05. The minimum Gasteiger partial charge on any atom is -0.391 e. The van der Waals surface area contributed by atoms with Crippen LogP contribution >= 0.6 is 0 Å². The van der Waals surface area contributed by atoms with Crippen molar-refractivity contribution in [1.82, 2.24) is 4.90 Å². The maximum atomic E-state index is 12.4. The molecule has 0 aliphatic carbocycles. The van der Waals surface area contributed by atoms with Gasteiger partial charge < -0.3 is 5.11 Å². The molecule has 1 atom stereocenters. The first-order valence-corrected chi connectivity index (χ1v) is 4.44. The Morgan fingerprint density at radius 3 is 2.33 bits per heavy atom. The maximum Gasteiger partial charge on any atom is 0.125 e. The summed E-state index contributed by atoms with van der Waals surface area (Å²) < 4.78 is 12.4. The highest BCUT2D eigenvalue weighted by atomic mass is 19.1. The van der Waals surface area contributed by atoms with Gasteiger partial charge in [-0.3, -0.25) is 4.90 Å². The van der Waals surface area contributed by atoms with Crippen LogP contribution in [0.4, 0.5) is 4.39 Å². The number of nitrogens with zero attached hydrogens (tertiary/aromatic N) is 1. The van der Waals surface area contributed by atoms with Gasteiger partial charge in [0.1, 0.15) is 6.17 Å². The molecule has 1 rings (SSSR count). The van der Waals surface area contributed by atoms with Crippen molar-refractivity contribution in [3.8, 4) is 0 Å². The molecular formula is C9H18FNO. The van der Waals surface area contributed by atoms with Crippen LogP contribution in [0, 0.1) is 5.41 Å². The smallest absolute Gasteiger partial charge is 0.125 e. The third kappa shape index (κ3) is 2.42. The van der Waals surface area contributed by atoms with Crippen LogP contribution in [0.15, 0.2) is 0 Å². The number of hydrogen-bond donors (Lipinski definition) is 1. The van der Waals surface area contributed by atoms with E-state index >= 15 is 0 Å². The van der Waals surface area contributed by atoms with Gasteiger partial charge in [0.05, 0.1) is 6.10 Å². The number of alkyl halides is 1. The van der Waals surface area contributed by atoms with Crippen molar-refractivity contribution in [1.29, 1.82) is 0 Å². The molecule has 0 aromatic carbocycles. The Morgan fingerprint density at radius 1 is 1.50 bits per heavy atom. The van der Waals surface area contributed by atoms with Gasteiger partial charge in [-0.1, -0.05) is 20.8 Å². The number of β-amino-alcohol motifs (C(OH)–C–C–N with tert-alkyl or cyclic N) is 1.